The number of hydrogen-bond donors (Lipinski definition) is 1. The standard InChI is InChI=1S/C18H29N3O4.HI/c1-19-18(20-11-7-6-8-17(22)25-5)21(2)13-14-9-10-15(23-3)12-16(14)24-4;/h9-10,12H,6-8,11,13H2,1-5H3,(H,19,20);1H. The topological polar surface area (TPSA) is 72.4 Å². The fourth-order valence-electron chi connectivity index (χ4n) is 2.39. The second kappa shape index (κ2) is 13.5. The summed E-state index contributed by atoms with van der Waals surface area (Å²) < 4.78 is 15.3. The summed E-state index contributed by atoms with van der Waals surface area (Å²) in [7, 11) is 8.40. The van der Waals surface area contributed by atoms with Gasteiger partial charge in [0.15, 0.2) is 5.96 Å². The van der Waals surface area contributed by atoms with Crippen molar-refractivity contribution in [2.24, 2.45) is 4.99 Å². The Hall–Kier alpha value is -1.71. The van der Waals surface area contributed by atoms with E-state index in [1.165, 1.54) is 7.11 Å². The predicted molar refractivity (Wildman–Crippen MR) is 114 cm³/mol. The zero-order chi connectivity index (χ0) is 18.7. The Morgan fingerprint density at radius 1 is 1.19 bits per heavy atom. The molecule has 0 radical (unpaired) electrons. The zero-order valence-electron chi connectivity index (χ0n) is 16.2. The Balaban J connectivity index is 0.00000625. The first kappa shape index (κ1) is 24.3. The number of rotatable bonds is 9. The molecule has 1 aromatic rings. The van der Waals surface area contributed by atoms with Crippen molar-refractivity contribution in [1.29, 1.82) is 0 Å². The molecule has 1 N–H and O–H groups in total. The fraction of sp³-hybridized carbons (Fsp3) is 0.556. The third-order valence-electron chi connectivity index (χ3n) is 3.79. The van der Waals surface area contributed by atoms with E-state index in [1.807, 2.05) is 30.1 Å². The first-order chi connectivity index (χ1) is 12.0. The van der Waals surface area contributed by atoms with Crippen molar-refractivity contribution in [3.8, 4) is 11.5 Å². The number of carbonyl (C=O) groups excluding carboxylic acids is 1. The Bertz CT molecular complexity index is 582. The van der Waals surface area contributed by atoms with E-state index in [0.717, 1.165) is 42.4 Å². The van der Waals surface area contributed by atoms with Gasteiger partial charge >= 0.3 is 5.97 Å². The third-order valence-corrected chi connectivity index (χ3v) is 3.79. The van der Waals surface area contributed by atoms with Crippen LogP contribution in [-0.2, 0) is 16.1 Å². The lowest BCUT2D eigenvalue weighted by atomic mass is 10.2. The third kappa shape index (κ3) is 8.11. The van der Waals surface area contributed by atoms with Crippen LogP contribution in [0.3, 0.4) is 0 Å². The minimum atomic E-state index is -0.173. The van der Waals surface area contributed by atoms with Crippen LogP contribution in [0.1, 0.15) is 24.8 Å². The first-order valence-corrected chi connectivity index (χ1v) is 8.25. The maximum Gasteiger partial charge on any atom is 0.305 e. The molecular weight excluding hydrogens is 449 g/mol. The average molecular weight is 479 g/mol. The average Bonchev–Trinajstić information content (AvgIpc) is 2.64. The van der Waals surface area contributed by atoms with Gasteiger partial charge in [0.1, 0.15) is 11.5 Å². The van der Waals surface area contributed by atoms with Gasteiger partial charge in [0.05, 0.1) is 21.3 Å². The summed E-state index contributed by atoms with van der Waals surface area (Å²) in [5.74, 6) is 2.15. The van der Waals surface area contributed by atoms with E-state index in [4.69, 9.17) is 9.47 Å². The number of unbranched alkanes of at least 4 members (excludes halogenated alkanes) is 1. The summed E-state index contributed by atoms with van der Waals surface area (Å²) in [4.78, 5) is 17.4. The highest BCUT2D eigenvalue weighted by atomic mass is 127. The Morgan fingerprint density at radius 2 is 1.92 bits per heavy atom. The normalized spacial score (nSPS) is 10.6. The summed E-state index contributed by atoms with van der Waals surface area (Å²) in [6, 6.07) is 5.76. The highest BCUT2D eigenvalue weighted by Crippen LogP contribution is 2.25. The number of nitrogens with zero attached hydrogens (tertiary/aromatic N) is 2. The first-order valence-electron chi connectivity index (χ1n) is 8.25. The van der Waals surface area contributed by atoms with Crippen LogP contribution in [0.15, 0.2) is 23.2 Å². The van der Waals surface area contributed by atoms with Gasteiger partial charge in [0.2, 0.25) is 0 Å². The van der Waals surface area contributed by atoms with Gasteiger partial charge in [-0.05, 0) is 25.0 Å². The molecule has 0 aliphatic heterocycles. The van der Waals surface area contributed by atoms with Crippen molar-refractivity contribution >= 4 is 35.9 Å². The van der Waals surface area contributed by atoms with E-state index in [2.05, 4.69) is 15.0 Å². The highest BCUT2D eigenvalue weighted by molar-refractivity contribution is 14.0. The van der Waals surface area contributed by atoms with Crippen LogP contribution in [0, 0.1) is 0 Å². The fourth-order valence-corrected chi connectivity index (χ4v) is 2.39. The molecule has 1 rings (SSSR count). The number of halogens is 1. The minimum Gasteiger partial charge on any atom is -0.497 e. The van der Waals surface area contributed by atoms with E-state index in [1.54, 1.807) is 21.3 Å². The summed E-state index contributed by atoms with van der Waals surface area (Å²) in [6.45, 7) is 1.39. The molecule has 0 spiro atoms. The number of hydrogen-bond acceptors (Lipinski definition) is 5. The smallest absolute Gasteiger partial charge is 0.305 e. The van der Waals surface area contributed by atoms with E-state index in [9.17, 15) is 4.79 Å². The number of benzene rings is 1. The number of nitrogens with one attached hydrogen (secondary N) is 1. The van der Waals surface area contributed by atoms with Gasteiger partial charge in [-0.1, -0.05) is 0 Å². The quantitative estimate of drug-likeness (QED) is 0.193. The van der Waals surface area contributed by atoms with E-state index < -0.39 is 0 Å². The van der Waals surface area contributed by atoms with Crippen LogP contribution in [0.25, 0.3) is 0 Å². The number of aliphatic imine (C=N–C) groups is 1. The number of ether oxygens (including phenoxy) is 3. The molecule has 7 nitrogen and oxygen atoms in total. The van der Waals surface area contributed by atoms with Crippen LogP contribution in [0.2, 0.25) is 0 Å². The van der Waals surface area contributed by atoms with Crippen molar-refractivity contribution < 1.29 is 19.0 Å². The molecule has 26 heavy (non-hydrogen) atoms. The molecule has 0 aromatic heterocycles. The Morgan fingerprint density at radius 3 is 2.50 bits per heavy atom. The number of carbonyl (C=O) groups is 1. The zero-order valence-corrected chi connectivity index (χ0v) is 18.5. The molecule has 0 saturated carbocycles. The van der Waals surface area contributed by atoms with Gasteiger partial charge in [-0.25, -0.2) is 0 Å². The van der Waals surface area contributed by atoms with Gasteiger partial charge in [-0.15, -0.1) is 24.0 Å². The van der Waals surface area contributed by atoms with Crippen molar-refractivity contribution in [3.63, 3.8) is 0 Å². The number of esters is 1. The molecule has 0 saturated heterocycles. The highest BCUT2D eigenvalue weighted by Gasteiger charge is 2.11. The largest absolute Gasteiger partial charge is 0.497 e. The van der Waals surface area contributed by atoms with Crippen LogP contribution >= 0.6 is 24.0 Å². The molecule has 0 bridgehead atoms. The van der Waals surface area contributed by atoms with Gasteiger partial charge < -0.3 is 24.4 Å². The molecule has 148 valence electrons. The lowest BCUT2D eigenvalue weighted by molar-refractivity contribution is -0.140. The maximum absolute atomic E-state index is 11.1. The van der Waals surface area contributed by atoms with E-state index in [0.29, 0.717) is 13.0 Å². The molecule has 1 aromatic carbocycles. The van der Waals surface area contributed by atoms with Crippen LogP contribution in [-0.4, -0.2) is 58.8 Å². The van der Waals surface area contributed by atoms with Crippen LogP contribution in [0.5, 0.6) is 11.5 Å². The van der Waals surface area contributed by atoms with Gasteiger partial charge in [-0.2, -0.15) is 0 Å². The molecule has 0 heterocycles. The maximum atomic E-state index is 11.1. The number of guanidine groups is 1. The van der Waals surface area contributed by atoms with Crippen molar-refractivity contribution in [2.45, 2.75) is 25.8 Å². The number of methoxy groups -OCH3 is 3. The van der Waals surface area contributed by atoms with Gasteiger partial charge in [-0.3, -0.25) is 9.79 Å². The van der Waals surface area contributed by atoms with Gasteiger partial charge in [0, 0.05) is 45.2 Å². The monoisotopic (exact) mass is 479 g/mol. The Labute approximate surface area is 173 Å². The molecule has 0 fully saturated rings. The molecule has 0 atom stereocenters. The second-order valence-corrected chi connectivity index (χ2v) is 5.54. The van der Waals surface area contributed by atoms with E-state index >= 15 is 0 Å². The van der Waals surface area contributed by atoms with Gasteiger partial charge in [0.25, 0.3) is 0 Å². The second-order valence-electron chi connectivity index (χ2n) is 5.54. The molecular formula is C18H30IN3O4. The summed E-state index contributed by atoms with van der Waals surface area (Å²) in [5, 5.41) is 3.30. The molecule has 0 aliphatic rings. The van der Waals surface area contributed by atoms with Crippen LogP contribution in [0.4, 0.5) is 0 Å². The van der Waals surface area contributed by atoms with Crippen LogP contribution < -0.4 is 14.8 Å². The van der Waals surface area contributed by atoms with Crippen molar-refractivity contribution in [3.05, 3.63) is 23.8 Å². The van der Waals surface area contributed by atoms with E-state index in [-0.39, 0.29) is 29.9 Å². The summed E-state index contributed by atoms with van der Waals surface area (Å²) >= 11 is 0. The Kier molecular flexibility index (Phi) is 12.6. The molecule has 0 unspecified atom stereocenters. The lowest BCUT2D eigenvalue weighted by Gasteiger charge is -2.23. The van der Waals surface area contributed by atoms with Crippen molar-refractivity contribution in [1.82, 2.24) is 10.2 Å². The SMILES string of the molecule is CN=C(NCCCCC(=O)OC)N(C)Cc1ccc(OC)cc1OC.I. The lowest BCUT2D eigenvalue weighted by Crippen LogP contribution is -2.39. The van der Waals surface area contributed by atoms with Crippen molar-refractivity contribution in [2.75, 3.05) is 42.0 Å². The summed E-state index contributed by atoms with van der Waals surface area (Å²) in [5.41, 5.74) is 1.04. The molecule has 0 amide bonds. The molecule has 8 heteroatoms. The predicted octanol–water partition coefficient (Wildman–Crippen LogP) is 2.67. The molecule has 0 aliphatic carbocycles. The summed E-state index contributed by atoms with van der Waals surface area (Å²) in [6.07, 6.45) is 2.09. The minimum absolute atomic E-state index is 0.